The fourth-order valence-corrected chi connectivity index (χ4v) is 3.43. The van der Waals surface area contributed by atoms with E-state index in [1.165, 1.54) is 5.56 Å². The second-order valence-corrected chi connectivity index (χ2v) is 7.56. The fourth-order valence-electron chi connectivity index (χ4n) is 3.43. The van der Waals surface area contributed by atoms with Crippen LogP contribution < -0.4 is 20.1 Å². The lowest BCUT2D eigenvalue weighted by Gasteiger charge is -2.22. The maximum Gasteiger partial charge on any atom is 0.196 e. The number of rotatable bonds is 10. The molecule has 2 aromatic carbocycles. The van der Waals surface area contributed by atoms with Crippen LogP contribution in [0.4, 0.5) is 5.69 Å². The van der Waals surface area contributed by atoms with Crippen LogP contribution in [0.1, 0.15) is 37.8 Å². The highest BCUT2D eigenvalue weighted by atomic mass is 16.5. The van der Waals surface area contributed by atoms with E-state index in [2.05, 4.69) is 34.9 Å². The van der Waals surface area contributed by atoms with Crippen molar-refractivity contribution in [3.05, 3.63) is 53.6 Å². The highest BCUT2D eigenvalue weighted by molar-refractivity contribution is 5.93. The Bertz CT molecular complexity index is 849. The number of guanidine groups is 1. The molecule has 174 valence electrons. The van der Waals surface area contributed by atoms with Crippen molar-refractivity contribution in [1.82, 2.24) is 5.32 Å². The molecule has 2 N–H and O–H groups in total. The fraction of sp³-hybridized carbons (Fsp3) is 0.480. The predicted octanol–water partition coefficient (Wildman–Crippen LogP) is 4.37. The van der Waals surface area contributed by atoms with Gasteiger partial charge in [0.15, 0.2) is 17.5 Å². The van der Waals surface area contributed by atoms with Crippen LogP contribution in [0.2, 0.25) is 0 Å². The molecule has 0 atom stereocenters. The van der Waals surface area contributed by atoms with Crippen LogP contribution in [-0.4, -0.2) is 45.5 Å². The molecule has 1 fully saturated rings. The van der Waals surface area contributed by atoms with Crippen molar-refractivity contribution in [3.8, 4) is 11.5 Å². The van der Waals surface area contributed by atoms with E-state index < -0.39 is 0 Å². The maximum absolute atomic E-state index is 6.00. The zero-order valence-corrected chi connectivity index (χ0v) is 19.4. The summed E-state index contributed by atoms with van der Waals surface area (Å²) in [5, 5.41) is 6.62. The number of nitrogens with one attached hydrogen (secondary N) is 2. The van der Waals surface area contributed by atoms with Gasteiger partial charge in [0.05, 0.1) is 33.0 Å². The lowest BCUT2D eigenvalue weighted by molar-refractivity contribution is -0.0390. The van der Waals surface area contributed by atoms with Gasteiger partial charge in [0, 0.05) is 31.5 Å². The van der Waals surface area contributed by atoms with E-state index in [9.17, 15) is 0 Å². The van der Waals surface area contributed by atoms with Crippen molar-refractivity contribution in [1.29, 1.82) is 0 Å². The summed E-state index contributed by atoms with van der Waals surface area (Å²) in [6, 6.07) is 14.2. The standard InChI is InChI=1S/C25H35N3O4/c1-4-26-25(28-21-10-11-23(31-5-2)24(16-21)29-3)27-17-19-6-8-20(9-7-19)18-32-22-12-14-30-15-13-22/h6-11,16,22H,4-5,12-15,17-18H2,1-3H3,(H2,26,27,28). The van der Waals surface area contributed by atoms with Gasteiger partial charge in [-0.15, -0.1) is 0 Å². The summed E-state index contributed by atoms with van der Waals surface area (Å²) in [4.78, 5) is 4.72. The smallest absolute Gasteiger partial charge is 0.196 e. The predicted molar refractivity (Wildman–Crippen MR) is 128 cm³/mol. The summed E-state index contributed by atoms with van der Waals surface area (Å²) >= 11 is 0. The Morgan fingerprint density at radius 3 is 2.47 bits per heavy atom. The maximum atomic E-state index is 6.00. The molecule has 1 aliphatic heterocycles. The van der Waals surface area contributed by atoms with Gasteiger partial charge in [-0.1, -0.05) is 24.3 Å². The molecule has 2 aromatic rings. The van der Waals surface area contributed by atoms with Crippen LogP contribution in [0.5, 0.6) is 11.5 Å². The van der Waals surface area contributed by atoms with E-state index in [-0.39, 0.29) is 0 Å². The summed E-state index contributed by atoms with van der Waals surface area (Å²) in [5.74, 6) is 2.13. The molecule has 0 aliphatic carbocycles. The topological polar surface area (TPSA) is 73.3 Å². The van der Waals surface area contributed by atoms with E-state index in [4.69, 9.17) is 23.9 Å². The molecule has 0 amide bonds. The molecule has 0 spiro atoms. The quantitative estimate of drug-likeness (QED) is 0.421. The molecule has 0 unspecified atom stereocenters. The molecule has 7 nitrogen and oxygen atoms in total. The van der Waals surface area contributed by atoms with Crippen LogP contribution in [-0.2, 0) is 22.6 Å². The molecule has 1 saturated heterocycles. The van der Waals surface area contributed by atoms with Gasteiger partial charge < -0.3 is 29.6 Å². The lowest BCUT2D eigenvalue weighted by Crippen LogP contribution is -2.30. The first kappa shape index (κ1) is 23.9. The van der Waals surface area contributed by atoms with Crippen molar-refractivity contribution >= 4 is 11.6 Å². The zero-order valence-electron chi connectivity index (χ0n) is 19.4. The molecular formula is C25H35N3O4. The van der Waals surface area contributed by atoms with Crippen molar-refractivity contribution < 1.29 is 18.9 Å². The first-order chi connectivity index (χ1) is 15.7. The summed E-state index contributed by atoms with van der Waals surface area (Å²) in [5.41, 5.74) is 3.20. The van der Waals surface area contributed by atoms with E-state index in [0.717, 1.165) is 49.6 Å². The molecule has 7 heteroatoms. The Hall–Kier alpha value is -2.77. The Kier molecular flexibility index (Phi) is 9.65. The molecule has 32 heavy (non-hydrogen) atoms. The summed E-state index contributed by atoms with van der Waals surface area (Å²) in [7, 11) is 1.64. The molecule has 1 heterocycles. The highest BCUT2D eigenvalue weighted by Crippen LogP contribution is 2.30. The van der Waals surface area contributed by atoms with Gasteiger partial charge in [0.25, 0.3) is 0 Å². The van der Waals surface area contributed by atoms with Crippen LogP contribution in [0, 0.1) is 0 Å². The van der Waals surface area contributed by atoms with Crippen LogP contribution in [0.25, 0.3) is 0 Å². The van der Waals surface area contributed by atoms with Crippen molar-refractivity contribution in [2.45, 2.75) is 45.9 Å². The lowest BCUT2D eigenvalue weighted by atomic mass is 10.1. The Balaban J connectivity index is 1.57. The summed E-state index contributed by atoms with van der Waals surface area (Å²) in [6.45, 7) is 8.16. The Morgan fingerprint density at radius 1 is 1.03 bits per heavy atom. The van der Waals surface area contributed by atoms with Crippen LogP contribution >= 0.6 is 0 Å². The second-order valence-electron chi connectivity index (χ2n) is 7.56. The van der Waals surface area contributed by atoms with Gasteiger partial charge >= 0.3 is 0 Å². The van der Waals surface area contributed by atoms with Gasteiger partial charge in [-0.3, -0.25) is 0 Å². The molecule has 0 saturated carbocycles. The summed E-state index contributed by atoms with van der Waals surface area (Å²) < 4.78 is 22.4. The number of nitrogens with zero attached hydrogens (tertiary/aromatic N) is 1. The molecular weight excluding hydrogens is 406 g/mol. The Labute approximate surface area is 191 Å². The molecule has 0 aromatic heterocycles. The number of hydrogen-bond acceptors (Lipinski definition) is 5. The number of hydrogen-bond donors (Lipinski definition) is 2. The third kappa shape index (κ3) is 7.43. The average molecular weight is 442 g/mol. The van der Waals surface area contributed by atoms with Gasteiger partial charge in [0.1, 0.15) is 0 Å². The van der Waals surface area contributed by atoms with Crippen molar-refractivity contribution in [3.63, 3.8) is 0 Å². The minimum absolute atomic E-state index is 0.308. The second kappa shape index (κ2) is 12.9. The summed E-state index contributed by atoms with van der Waals surface area (Å²) in [6.07, 6.45) is 2.27. The third-order valence-corrected chi connectivity index (χ3v) is 5.17. The van der Waals surface area contributed by atoms with E-state index in [0.29, 0.717) is 37.6 Å². The SMILES string of the molecule is CCNC(=NCc1ccc(COC2CCOCC2)cc1)Nc1ccc(OCC)c(OC)c1. The van der Waals surface area contributed by atoms with Crippen LogP contribution in [0.15, 0.2) is 47.5 Å². The molecule has 0 radical (unpaired) electrons. The van der Waals surface area contributed by atoms with Crippen molar-refractivity contribution in [2.24, 2.45) is 4.99 Å². The molecule has 3 rings (SSSR count). The number of ether oxygens (including phenoxy) is 4. The minimum Gasteiger partial charge on any atom is -0.493 e. The van der Waals surface area contributed by atoms with Gasteiger partial charge in [-0.2, -0.15) is 0 Å². The van der Waals surface area contributed by atoms with Gasteiger partial charge in [-0.25, -0.2) is 4.99 Å². The third-order valence-electron chi connectivity index (χ3n) is 5.17. The molecule has 0 bridgehead atoms. The van der Waals surface area contributed by atoms with E-state index in [1.807, 2.05) is 32.0 Å². The van der Waals surface area contributed by atoms with Gasteiger partial charge in [0.2, 0.25) is 0 Å². The molecule has 1 aliphatic rings. The minimum atomic E-state index is 0.308. The largest absolute Gasteiger partial charge is 0.493 e. The number of aliphatic imine (C=N–C) groups is 1. The van der Waals surface area contributed by atoms with E-state index in [1.54, 1.807) is 7.11 Å². The Morgan fingerprint density at radius 2 is 1.78 bits per heavy atom. The highest BCUT2D eigenvalue weighted by Gasteiger charge is 2.14. The first-order valence-corrected chi connectivity index (χ1v) is 11.3. The van der Waals surface area contributed by atoms with Gasteiger partial charge in [-0.05, 0) is 49.9 Å². The number of methoxy groups -OCH3 is 1. The first-order valence-electron chi connectivity index (χ1n) is 11.3. The normalized spacial score (nSPS) is 14.8. The zero-order chi connectivity index (χ0) is 22.6. The van der Waals surface area contributed by atoms with Crippen LogP contribution in [0.3, 0.4) is 0 Å². The monoisotopic (exact) mass is 441 g/mol. The number of benzene rings is 2. The number of anilines is 1. The van der Waals surface area contributed by atoms with E-state index >= 15 is 0 Å². The van der Waals surface area contributed by atoms with Crippen molar-refractivity contribution in [2.75, 3.05) is 38.8 Å². The average Bonchev–Trinajstić information content (AvgIpc) is 2.83.